The topological polar surface area (TPSA) is 82.6 Å². The third-order valence-electron chi connectivity index (χ3n) is 2.00. The highest BCUT2D eigenvalue weighted by molar-refractivity contribution is 6.39. The van der Waals surface area contributed by atoms with Crippen LogP contribution in [0.3, 0.4) is 0 Å². The number of nitrogens with zero attached hydrogens (tertiary/aromatic N) is 1. The fourth-order valence-corrected chi connectivity index (χ4v) is 1.18. The van der Waals surface area contributed by atoms with Gasteiger partial charge < -0.3 is 10.6 Å². The second kappa shape index (κ2) is 6.13. The van der Waals surface area contributed by atoms with E-state index in [9.17, 15) is 9.59 Å². The molecule has 1 aliphatic heterocycles. The van der Waals surface area contributed by atoms with E-state index in [-0.39, 0.29) is 11.8 Å². The van der Waals surface area contributed by atoms with Crippen molar-refractivity contribution in [2.45, 2.75) is 19.8 Å². The van der Waals surface area contributed by atoms with Gasteiger partial charge in [-0.1, -0.05) is 6.92 Å². The molecule has 1 heterocycles. The summed E-state index contributed by atoms with van der Waals surface area (Å²) in [4.78, 5) is 22.2. The van der Waals surface area contributed by atoms with Crippen molar-refractivity contribution in [3.63, 3.8) is 0 Å². The van der Waals surface area contributed by atoms with E-state index in [1.807, 2.05) is 6.92 Å². The van der Waals surface area contributed by atoms with Crippen LogP contribution in [0.1, 0.15) is 19.8 Å². The maximum atomic E-state index is 11.4. The summed E-state index contributed by atoms with van der Waals surface area (Å²) in [5.41, 5.74) is 2.68. The Kier molecular flexibility index (Phi) is 4.76. The molecular weight excluding hydrogens is 196 g/mol. The lowest BCUT2D eigenvalue weighted by atomic mass is 10.1. The molecule has 0 aromatic rings. The Balaban J connectivity index is 2.25. The van der Waals surface area contributed by atoms with Crippen LogP contribution in [0.15, 0.2) is 5.10 Å². The van der Waals surface area contributed by atoms with Gasteiger partial charge >= 0.3 is 0 Å². The van der Waals surface area contributed by atoms with Crippen LogP contribution in [-0.2, 0) is 9.59 Å². The average molecular weight is 212 g/mol. The fourth-order valence-electron chi connectivity index (χ4n) is 1.18. The van der Waals surface area contributed by atoms with Crippen molar-refractivity contribution < 1.29 is 9.59 Å². The minimum Gasteiger partial charge on any atom is -0.350 e. The highest BCUT2D eigenvalue weighted by Gasteiger charge is 2.17. The van der Waals surface area contributed by atoms with Crippen LogP contribution >= 0.6 is 0 Å². The number of carbonyl (C=O) groups excluding carboxylic acids is 2. The molecule has 2 amide bonds. The van der Waals surface area contributed by atoms with Gasteiger partial charge in [0.2, 0.25) is 5.91 Å². The first-order valence-corrected chi connectivity index (χ1v) is 5.08. The highest BCUT2D eigenvalue weighted by Crippen LogP contribution is 1.98. The zero-order chi connectivity index (χ0) is 11.1. The molecule has 0 spiro atoms. The number of rotatable bonds is 5. The molecular formula is C9H16N4O2. The monoisotopic (exact) mass is 212 g/mol. The van der Waals surface area contributed by atoms with Crippen LogP contribution in [0, 0.1) is 0 Å². The number of hydrogen-bond acceptors (Lipinski definition) is 4. The van der Waals surface area contributed by atoms with Crippen molar-refractivity contribution in [1.29, 1.82) is 0 Å². The van der Waals surface area contributed by atoms with Gasteiger partial charge in [0, 0.05) is 25.9 Å². The Morgan fingerprint density at radius 1 is 1.47 bits per heavy atom. The predicted molar refractivity (Wildman–Crippen MR) is 56.4 cm³/mol. The quantitative estimate of drug-likeness (QED) is 0.510. The van der Waals surface area contributed by atoms with Gasteiger partial charge in [-0.25, -0.2) is 5.43 Å². The SMILES string of the molecule is CCNCCNC(=O)C1=NNC(=O)CC1. The van der Waals surface area contributed by atoms with E-state index in [4.69, 9.17) is 0 Å². The number of likely N-dealkylation sites (N-methyl/N-ethyl adjacent to an activating group) is 1. The minimum atomic E-state index is -0.201. The number of amides is 2. The van der Waals surface area contributed by atoms with Crippen LogP contribution in [0.4, 0.5) is 0 Å². The van der Waals surface area contributed by atoms with E-state index in [1.54, 1.807) is 0 Å². The molecule has 0 unspecified atom stereocenters. The molecule has 0 aromatic heterocycles. The molecule has 6 heteroatoms. The average Bonchev–Trinajstić information content (AvgIpc) is 2.25. The van der Waals surface area contributed by atoms with Crippen molar-refractivity contribution in [1.82, 2.24) is 16.1 Å². The standard InChI is InChI=1S/C9H16N4O2/c1-2-10-5-6-11-9(15)7-3-4-8(14)13-12-7/h10H,2-6H2,1H3,(H,11,15)(H,13,14). The lowest BCUT2D eigenvalue weighted by Crippen LogP contribution is -2.39. The number of carbonyl (C=O) groups is 2. The molecule has 0 fully saturated rings. The smallest absolute Gasteiger partial charge is 0.267 e. The Morgan fingerprint density at radius 3 is 2.87 bits per heavy atom. The summed E-state index contributed by atoms with van der Waals surface area (Å²) in [7, 11) is 0. The largest absolute Gasteiger partial charge is 0.350 e. The van der Waals surface area contributed by atoms with Gasteiger partial charge in [-0.3, -0.25) is 9.59 Å². The summed E-state index contributed by atoms with van der Waals surface area (Å²) in [6, 6.07) is 0. The van der Waals surface area contributed by atoms with Gasteiger partial charge in [-0.05, 0) is 6.54 Å². The van der Waals surface area contributed by atoms with E-state index in [0.29, 0.717) is 25.1 Å². The molecule has 0 radical (unpaired) electrons. The Labute approximate surface area is 88.5 Å². The Morgan fingerprint density at radius 2 is 2.27 bits per heavy atom. The second-order valence-electron chi connectivity index (χ2n) is 3.20. The predicted octanol–water partition coefficient (Wildman–Crippen LogP) is -1.02. The van der Waals surface area contributed by atoms with Crippen LogP contribution < -0.4 is 16.1 Å². The van der Waals surface area contributed by atoms with Gasteiger partial charge in [0.1, 0.15) is 5.71 Å². The third-order valence-corrected chi connectivity index (χ3v) is 2.00. The van der Waals surface area contributed by atoms with Crippen LogP contribution in [0.5, 0.6) is 0 Å². The molecule has 0 saturated heterocycles. The first kappa shape index (κ1) is 11.6. The maximum Gasteiger partial charge on any atom is 0.267 e. The van der Waals surface area contributed by atoms with E-state index in [2.05, 4.69) is 21.2 Å². The molecule has 3 N–H and O–H groups in total. The van der Waals surface area contributed by atoms with Gasteiger partial charge in [-0.2, -0.15) is 5.10 Å². The van der Waals surface area contributed by atoms with E-state index >= 15 is 0 Å². The summed E-state index contributed by atoms with van der Waals surface area (Å²) < 4.78 is 0. The summed E-state index contributed by atoms with van der Waals surface area (Å²) >= 11 is 0. The molecule has 0 aromatic carbocycles. The molecule has 0 atom stereocenters. The molecule has 1 rings (SSSR count). The van der Waals surface area contributed by atoms with Crippen molar-refractivity contribution in [2.75, 3.05) is 19.6 Å². The molecule has 0 saturated carbocycles. The van der Waals surface area contributed by atoms with Crippen molar-refractivity contribution in [3.05, 3.63) is 0 Å². The highest BCUT2D eigenvalue weighted by atomic mass is 16.2. The molecule has 0 bridgehead atoms. The van der Waals surface area contributed by atoms with Gasteiger partial charge in [0.15, 0.2) is 0 Å². The number of nitrogens with one attached hydrogen (secondary N) is 3. The van der Waals surface area contributed by atoms with Crippen molar-refractivity contribution >= 4 is 17.5 Å². The molecule has 15 heavy (non-hydrogen) atoms. The molecule has 84 valence electrons. The lowest BCUT2D eigenvalue weighted by molar-refractivity contribution is -0.121. The molecule has 6 nitrogen and oxygen atoms in total. The van der Waals surface area contributed by atoms with Gasteiger partial charge in [0.05, 0.1) is 0 Å². The summed E-state index contributed by atoms with van der Waals surface area (Å²) in [6.45, 7) is 4.19. The normalized spacial score (nSPS) is 15.5. The van der Waals surface area contributed by atoms with Crippen LogP contribution in [0.2, 0.25) is 0 Å². The van der Waals surface area contributed by atoms with Crippen molar-refractivity contribution in [2.24, 2.45) is 5.10 Å². The van der Waals surface area contributed by atoms with E-state index < -0.39 is 0 Å². The summed E-state index contributed by atoms with van der Waals surface area (Å²) in [5, 5.41) is 9.50. The van der Waals surface area contributed by atoms with E-state index in [1.165, 1.54) is 0 Å². The van der Waals surface area contributed by atoms with Crippen LogP contribution in [0.25, 0.3) is 0 Å². The summed E-state index contributed by atoms with van der Waals surface area (Å²) in [6.07, 6.45) is 0.748. The number of hydrogen-bond donors (Lipinski definition) is 3. The maximum absolute atomic E-state index is 11.4. The first-order valence-electron chi connectivity index (χ1n) is 5.08. The molecule has 1 aliphatic rings. The van der Waals surface area contributed by atoms with E-state index in [0.717, 1.165) is 13.1 Å². The molecule has 0 aliphatic carbocycles. The summed E-state index contributed by atoms with van der Waals surface area (Å²) in [5.74, 6) is -0.341. The van der Waals surface area contributed by atoms with Gasteiger partial charge in [0.25, 0.3) is 5.91 Å². The second-order valence-corrected chi connectivity index (χ2v) is 3.20. The minimum absolute atomic E-state index is 0.140. The number of hydrazone groups is 1. The van der Waals surface area contributed by atoms with Gasteiger partial charge in [-0.15, -0.1) is 0 Å². The first-order chi connectivity index (χ1) is 7.24. The Hall–Kier alpha value is -1.43. The fraction of sp³-hybridized carbons (Fsp3) is 0.667. The Bertz CT molecular complexity index is 275. The van der Waals surface area contributed by atoms with Crippen LogP contribution in [-0.4, -0.2) is 37.2 Å². The van der Waals surface area contributed by atoms with Crippen molar-refractivity contribution in [3.8, 4) is 0 Å². The zero-order valence-electron chi connectivity index (χ0n) is 8.80. The lowest BCUT2D eigenvalue weighted by Gasteiger charge is -2.11. The third kappa shape index (κ3) is 4.07. The zero-order valence-corrected chi connectivity index (χ0v) is 8.80.